The van der Waals surface area contributed by atoms with Crippen LogP contribution in [0.5, 0.6) is 0 Å². The van der Waals surface area contributed by atoms with Crippen molar-refractivity contribution in [3.05, 3.63) is 29.8 Å². The molecule has 0 spiro atoms. The van der Waals surface area contributed by atoms with Gasteiger partial charge in [0.2, 0.25) is 10.0 Å². The second-order valence-electron chi connectivity index (χ2n) is 7.02. The molecule has 0 radical (unpaired) electrons. The van der Waals surface area contributed by atoms with Gasteiger partial charge in [-0.25, -0.2) is 13.1 Å². The summed E-state index contributed by atoms with van der Waals surface area (Å²) in [7, 11) is -0.201. The van der Waals surface area contributed by atoms with Crippen molar-refractivity contribution in [2.45, 2.75) is 44.0 Å². The van der Waals surface area contributed by atoms with Crippen molar-refractivity contribution >= 4 is 16.0 Å². The lowest BCUT2D eigenvalue weighted by atomic mass is 9.67. The number of hydrogen-bond acceptors (Lipinski definition) is 4. The molecule has 1 aromatic carbocycles. The van der Waals surface area contributed by atoms with E-state index >= 15 is 0 Å². The van der Waals surface area contributed by atoms with Crippen molar-refractivity contribution in [2.24, 2.45) is 10.4 Å². The Balaban J connectivity index is 1.84. The predicted octanol–water partition coefficient (Wildman–Crippen LogP) is 1.86. The highest BCUT2D eigenvalue weighted by Gasteiger charge is 2.34. The minimum Gasteiger partial charge on any atom is -0.383 e. The molecule has 1 aliphatic carbocycles. The van der Waals surface area contributed by atoms with Crippen LogP contribution in [0, 0.1) is 5.41 Å². The molecule has 3 N–H and O–H groups in total. The van der Waals surface area contributed by atoms with Crippen LogP contribution in [0.2, 0.25) is 0 Å². The molecule has 27 heavy (non-hydrogen) atoms. The SMILES string of the molecule is CCC1(CNC(=NC)NCc2ccc(S(=O)(=O)NCCOC)cc2)CCC1. The number of benzene rings is 1. The minimum absolute atomic E-state index is 0.250. The van der Waals surface area contributed by atoms with Gasteiger partial charge in [-0.2, -0.15) is 0 Å². The fraction of sp³-hybridized carbons (Fsp3) is 0.632. The molecule has 0 atom stereocenters. The third kappa shape index (κ3) is 6.19. The summed E-state index contributed by atoms with van der Waals surface area (Å²) in [6, 6.07) is 6.85. The summed E-state index contributed by atoms with van der Waals surface area (Å²) in [5.41, 5.74) is 1.41. The molecule has 0 amide bonds. The average molecular weight is 397 g/mol. The Morgan fingerprint density at radius 1 is 1.22 bits per heavy atom. The predicted molar refractivity (Wildman–Crippen MR) is 108 cm³/mol. The van der Waals surface area contributed by atoms with E-state index in [9.17, 15) is 8.42 Å². The molecule has 1 aromatic rings. The first-order valence-corrected chi connectivity index (χ1v) is 10.9. The van der Waals surface area contributed by atoms with Gasteiger partial charge >= 0.3 is 0 Å². The maximum Gasteiger partial charge on any atom is 0.240 e. The van der Waals surface area contributed by atoms with Gasteiger partial charge < -0.3 is 15.4 Å². The molecule has 0 aromatic heterocycles. The van der Waals surface area contributed by atoms with Crippen LogP contribution < -0.4 is 15.4 Å². The highest BCUT2D eigenvalue weighted by molar-refractivity contribution is 7.89. The summed E-state index contributed by atoms with van der Waals surface area (Å²) in [6.07, 6.45) is 5.06. The number of aliphatic imine (C=N–C) groups is 1. The standard InChI is InChI=1S/C19H32N4O3S/c1-4-19(10-5-11-19)15-22-18(20-2)21-14-16-6-8-17(9-7-16)27(24,25)23-12-13-26-3/h6-9,23H,4-5,10-15H2,1-3H3,(H2,20,21,22). The molecule has 152 valence electrons. The zero-order valence-corrected chi connectivity index (χ0v) is 17.4. The normalized spacial score (nSPS) is 16.6. The van der Waals surface area contributed by atoms with E-state index in [1.165, 1.54) is 32.8 Å². The van der Waals surface area contributed by atoms with Gasteiger partial charge in [0.15, 0.2) is 5.96 Å². The number of sulfonamides is 1. The van der Waals surface area contributed by atoms with Gasteiger partial charge in [0.1, 0.15) is 0 Å². The first-order valence-electron chi connectivity index (χ1n) is 9.47. The van der Waals surface area contributed by atoms with E-state index < -0.39 is 10.0 Å². The van der Waals surface area contributed by atoms with Gasteiger partial charge in [-0.15, -0.1) is 0 Å². The van der Waals surface area contributed by atoms with E-state index in [0.29, 0.717) is 18.6 Å². The van der Waals surface area contributed by atoms with Crippen molar-refractivity contribution in [3.8, 4) is 0 Å². The fourth-order valence-electron chi connectivity index (χ4n) is 3.16. The van der Waals surface area contributed by atoms with Crippen molar-refractivity contribution in [1.29, 1.82) is 0 Å². The molecule has 0 aliphatic heterocycles. The molecule has 1 fully saturated rings. The molecule has 0 saturated heterocycles. The molecular weight excluding hydrogens is 364 g/mol. The van der Waals surface area contributed by atoms with Gasteiger partial charge in [0.05, 0.1) is 11.5 Å². The molecule has 1 aliphatic rings. The first kappa shape index (κ1) is 21.7. The summed E-state index contributed by atoms with van der Waals surface area (Å²) in [5, 5.41) is 6.71. The van der Waals surface area contributed by atoms with Crippen LogP contribution in [0.25, 0.3) is 0 Å². The number of nitrogens with one attached hydrogen (secondary N) is 3. The van der Waals surface area contributed by atoms with E-state index in [1.807, 2.05) is 12.1 Å². The summed E-state index contributed by atoms with van der Waals surface area (Å²) >= 11 is 0. The summed E-state index contributed by atoms with van der Waals surface area (Å²) in [5.74, 6) is 0.771. The number of nitrogens with zero attached hydrogens (tertiary/aromatic N) is 1. The average Bonchev–Trinajstić information content (AvgIpc) is 2.64. The third-order valence-corrected chi connectivity index (χ3v) is 6.79. The van der Waals surface area contributed by atoms with E-state index in [4.69, 9.17) is 4.74 Å². The number of ether oxygens (including phenoxy) is 1. The van der Waals surface area contributed by atoms with Gasteiger partial charge in [-0.3, -0.25) is 4.99 Å². The number of guanidine groups is 1. The molecule has 8 heteroatoms. The van der Waals surface area contributed by atoms with E-state index in [1.54, 1.807) is 19.2 Å². The maximum atomic E-state index is 12.2. The molecule has 2 rings (SSSR count). The molecule has 7 nitrogen and oxygen atoms in total. The summed E-state index contributed by atoms with van der Waals surface area (Å²) < 4.78 is 31.7. The van der Waals surface area contributed by atoms with Gasteiger partial charge in [-0.1, -0.05) is 25.5 Å². The van der Waals surface area contributed by atoms with Crippen molar-refractivity contribution in [3.63, 3.8) is 0 Å². The second-order valence-corrected chi connectivity index (χ2v) is 8.79. The molecule has 1 saturated carbocycles. The number of rotatable bonds is 10. The van der Waals surface area contributed by atoms with Gasteiger partial charge in [-0.05, 0) is 42.4 Å². The van der Waals surface area contributed by atoms with Crippen LogP contribution in [0.4, 0.5) is 0 Å². The quantitative estimate of drug-likeness (QED) is 0.319. The van der Waals surface area contributed by atoms with Crippen molar-refractivity contribution in [1.82, 2.24) is 15.4 Å². The van der Waals surface area contributed by atoms with Gasteiger partial charge in [0, 0.05) is 33.8 Å². The van der Waals surface area contributed by atoms with E-state index in [2.05, 4.69) is 27.3 Å². The zero-order valence-electron chi connectivity index (χ0n) is 16.5. The topological polar surface area (TPSA) is 91.8 Å². The highest BCUT2D eigenvalue weighted by Crippen LogP contribution is 2.42. The Hall–Kier alpha value is -1.64. The Kier molecular flexibility index (Phi) is 8.07. The Morgan fingerprint density at radius 3 is 2.44 bits per heavy atom. The number of methoxy groups -OCH3 is 1. The lowest BCUT2D eigenvalue weighted by Gasteiger charge is -2.41. The Morgan fingerprint density at radius 2 is 1.93 bits per heavy atom. The van der Waals surface area contributed by atoms with Gasteiger partial charge in [0.25, 0.3) is 0 Å². The van der Waals surface area contributed by atoms with Crippen molar-refractivity contribution < 1.29 is 13.2 Å². The Bertz CT molecular complexity index is 707. The Labute approximate surface area is 163 Å². The highest BCUT2D eigenvalue weighted by atomic mass is 32.2. The summed E-state index contributed by atoms with van der Waals surface area (Å²) in [4.78, 5) is 4.52. The monoisotopic (exact) mass is 396 g/mol. The smallest absolute Gasteiger partial charge is 0.240 e. The summed E-state index contributed by atoms with van der Waals surface area (Å²) in [6.45, 7) is 4.36. The maximum absolute atomic E-state index is 12.2. The third-order valence-electron chi connectivity index (χ3n) is 5.31. The van der Waals surface area contributed by atoms with Crippen LogP contribution in [-0.4, -0.2) is 48.2 Å². The lowest BCUT2D eigenvalue weighted by molar-refractivity contribution is 0.131. The van der Waals surface area contributed by atoms with Crippen LogP contribution in [0.15, 0.2) is 34.2 Å². The lowest BCUT2D eigenvalue weighted by Crippen LogP contribution is -2.46. The van der Waals surface area contributed by atoms with Crippen LogP contribution in [0.1, 0.15) is 38.2 Å². The molecule has 0 heterocycles. The number of hydrogen-bond donors (Lipinski definition) is 3. The van der Waals surface area contributed by atoms with E-state index in [-0.39, 0.29) is 11.4 Å². The molecule has 0 unspecified atom stereocenters. The molecule has 0 bridgehead atoms. The van der Waals surface area contributed by atoms with Crippen LogP contribution in [-0.2, 0) is 21.3 Å². The fourth-order valence-corrected chi connectivity index (χ4v) is 4.17. The zero-order chi connectivity index (χ0) is 19.8. The molecular formula is C19H32N4O3S. The largest absolute Gasteiger partial charge is 0.383 e. The van der Waals surface area contributed by atoms with Crippen LogP contribution in [0.3, 0.4) is 0 Å². The first-order chi connectivity index (χ1) is 12.9. The second kappa shape index (κ2) is 10.1. The van der Waals surface area contributed by atoms with Crippen molar-refractivity contribution in [2.75, 3.05) is 33.9 Å². The van der Waals surface area contributed by atoms with E-state index in [0.717, 1.165) is 18.1 Å². The van der Waals surface area contributed by atoms with Crippen LogP contribution >= 0.6 is 0 Å². The minimum atomic E-state index is -3.50.